The smallest absolute Gasteiger partial charge is 0.262 e. The van der Waals surface area contributed by atoms with E-state index in [0.717, 1.165) is 15.7 Å². The van der Waals surface area contributed by atoms with Gasteiger partial charge >= 0.3 is 0 Å². The minimum Gasteiger partial charge on any atom is -0.378 e. The number of halogens is 1. The summed E-state index contributed by atoms with van der Waals surface area (Å²) in [5.74, 6) is 0.101. The molecule has 0 bridgehead atoms. The lowest BCUT2D eigenvalue weighted by Gasteiger charge is -2.13. The molecule has 1 aromatic heterocycles. The molecule has 0 spiro atoms. The molecule has 29 heavy (non-hydrogen) atoms. The molecule has 1 heterocycles. The van der Waals surface area contributed by atoms with Crippen LogP contribution in [0.25, 0.3) is 10.9 Å². The molecule has 1 amide bonds. The monoisotopic (exact) mass is 474 g/mol. The second-order valence-corrected chi connectivity index (χ2v) is 8.59. The first-order valence-electron chi connectivity index (χ1n) is 9.25. The van der Waals surface area contributed by atoms with Gasteiger partial charge in [-0.05, 0) is 42.8 Å². The number of carbonyl (C=O) groups is 1. The van der Waals surface area contributed by atoms with Gasteiger partial charge in [-0.15, -0.1) is 0 Å². The molecule has 0 aliphatic carbocycles. The molecule has 0 unspecified atom stereocenters. The van der Waals surface area contributed by atoms with Crippen LogP contribution in [0.2, 0.25) is 0 Å². The van der Waals surface area contributed by atoms with Crippen molar-refractivity contribution in [2.75, 3.05) is 24.7 Å². The lowest BCUT2D eigenvalue weighted by Crippen LogP contribution is -2.26. The van der Waals surface area contributed by atoms with Crippen LogP contribution < -0.4 is 15.8 Å². The summed E-state index contributed by atoms with van der Waals surface area (Å²) in [6.45, 7) is 2.86. The summed E-state index contributed by atoms with van der Waals surface area (Å²) >= 11 is 4.67. The average Bonchev–Trinajstić information content (AvgIpc) is 2.71. The molecule has 0 aliphatic rings. The number of amides is 1. The van der Waals surface area contributed by atoms with Gasteiger partial charge in [0.15, 0.2) is 5.16 Å². The number of fused-ring (bicyclic) bond motifs is 1. The molecular weight excluding hydrogens is 452 g/mol. The van der Waals surface area contributed by atoms with E-state index in [-0.39, 0.29) is 17.2 Å². The first kappa shape index (κ1) is 21.4. The zero-order chi connectivity index (χ0) is 21.0. The number of rotatable bonds is 7. The van der Waals surface area contributed by atoms with Gasteiger partial charge in [0.2, 0.25) is 5.91 Å². The minimum atomic E-state index is -0.0977. The third kappa shape index (κ3) is 5.19. The largest absolute Gasteiger partial charge is 0.378 e. The molecule has 0 atom stereocenters. The van der Waals surface area contributed by atoms with Crippen molar-refractivity contribution in [1.82, 2.24) is 14.9 Å². The maximum atomic E-state index is 12.7. The van der Waals surface area contributed by atoms with Gasteiger partial charge < -0.3 is 10.2 Å². The van der Waals surface area contributed by atoms with Gasteiger partial charge in [-0.2, -0.15) is 0 Å². The number of aromatic nitrogens is 2. The lowest BCUT2D eigenvalue weighted by atomic mass is 10.2. The molecule has 3 rings (SSSR count). The molecule has 0 fully saturated rings. The Labute approximate surface area is 182 Å². The fourth-order valence-corrected chi connectivity index (χ4v) is 4.11. The predicted molar refractivity (Wildman–Crippen MR) is 123 cm³/mol. The highest BCUT2D eigenvalue weighted by molar-refractivity contribution is 9.10. The molecule has 6 nitrogen and oxygen atoms in total. The van der Waals surface area contributed by atoms with Crippen LogP contribution in [-0.4, -0.2) is 35.3 Å². The highest BCUT2D eigenvalue weighted by Gasteiger charge is 2.12. The molecule has 3 aromatic rings. The normalized spacial score (nSPS) is 10.9. The van der Waals surface area contributed by atoms with Crippen LogP contribution in [0, 0.1) is 0 Å². The van der Waals surface area contributed by atoms with E-state index in [2.05, 4.69) is 26.2 Å². The number of benzene rings is 2. The number of hydrogen-bond acceptors (Lipinski definition) is 5. The third-order valence-corrected chi connectivity index (χ3v) is 5.94. The topological polar surface area (TPSA) is 67.2 Å². The Hall–Kier alpha value is -2.32. The molecule has 0 aliphatic heterocycles. The van der Waals surface area contributed by atoms with Gasteiger partial charge in [-0.25, -0.2) is 4.98 Å². The summed E-state index contributed by atoms with van der Waals surface area (Å²) in [5.41, 5.74) is 2.69. The number of anilines is 1. The Morgan fingerprint density at radius 3 is 2.59 bits per heavy atom. The molecule has 152 valence electrons. The Balaban J connectivity index is 1.66. The number of carbonyl (C=O) groups excluding carboxylic acids is 1. The van der Waals surface area contributed by atoms with E-state index >= 15 is 0 Å². The standard InChI is InChI=1S/C21H23BrN4O2S/c1-4-26-20(28)17-11-15(22)7-10-18(17)24-21(26)29-13-19(27)23-12-14-5-8-16(9-6-14)25(2)3/h5-11H,4,12-13H2,1-3H3,(H,23,27). The van der Waals surface area contributed by atoms with Crippen LogP contribution in [0.5, 0.6) is 0 Å². The Morgan fingerprint density at radius 1 is 1.21 bits per heavy atom. The van der Waals surface area contributed by atoms with Crippen molar-refractivity contribution in [3.8, 4) is 0 Å². The van der Waals surface area contributed by atoms with Gasteiger partial charge in [-0.3, -0.25) is 14.2 Å². The van der Waals surface area contributed by atoms with Crippen LogP contribution in [0.3, 0.4) is 0 Å². The average molecular weight is 475 g/mol. The zero-order valence-corrected chi connectivity index (χ0v) is 19.0. The number of nitrogens with zero attached hydrogens (tertiary/aromatic N) is 3. The molecule has 2 aromatic carbocycles. The van der Waals surface area contributed by atoms with Crippen molar-refractivity contribution in [3.05, 3.63) is 62.9 Å². The summed E-state index contributed by atoms with van der Waals surface area (Å²) < 4.78 is 2.44. The molecule has 0 radical (unpaired) electrons. The van der Waals surface area contributed by atoms with Gasteiger partial charge in [0.1, 0.15) is 0 Å². The Morgan fingerprint density at radius 2 is 1.93 bits per heavy atom. The fourth-order valence-electron chi connectivity index (χ4n) is 2.86. The van der Waals surface area contributed by atoms with Crippen molar-refractivity contribution in [3.63, 3.8) is 0 Å². The number of hydrogen-bond donors (Lipinski definition) is 1. The van der Waals surface area contributed by atoms with Crippen molar-refractivity contribution in [2.45, 2.75) is 25.2 Å². The van der Waals surface area contributed by atoms with Gasteiger partial charge in [0.05, 0.1) is 16.7 Å². The molecular formula is C21H23BrN4O2S. The fraction of sp³-hybridized carbons (Fsp3) is 0.286. The summed E-state index contributed by atoms with van der Waals surface area (Å²) in [6.07, 6.45) is 0. The maximum absolute atomic E-state index is 12.7. The number of nitrogens with one attached hydrogen (secondary N) is 1. The summed E-state index contributed by atoms with van der Waals surface area (Å²) in [7, 11) is 3.98. The van der Waals surface area contributed by atoms with Crippen LogP contribution >= 0.6 is 27.7 Å². The van der Waals surface area contributed by atoms with E-state index in [0.29, 0.717) is 29.1 Å². The highest BCUT2D eigenvalue weighted by Crippen LogP contribution is 2.20. The van der Waals surface area contributed by atoms with Gasteiger partial charge in [-0.1, -0.05) is 39.8 Å². The zero-order valence-electron chi connectivity index (χ0n) is 16.6. The molecule has 0 saturated carbocycles. The van der Waals surface area contributed by atoms with E-state index in [1.54, 1.807) is 10.6 Å². The third-order valence-electron chi connectivity index (χ3n) is 4.47. The molecule has 1 N–H and O–H groups in total. The maximum Gasteiger partial charge on any atom is 0.262 e. The number of thioether (sulfide) groups is 1. The van der Waals surface area contributed by atoms with Gasteiger partial charge in [0.25, 0.3) is 5.56 Å². The van der Waals surface area contributed by atoms with Crippen molar-refractivity contribution in [1.29, 1.82) is 0 Å². The van der Waals surface area contributed by atoms with E-state index in [1.807, 2.05) is 62.3 Å². The van der Waals surface area contributed by atoms with Crippen LogP contribution in [0.4, 0.5) is 5.69 Å². The van der Waals surface area contributed by atoms with E-state index in [9.17, 15) is 9.59 Å². The van der Waals surface area contributed by atoms with Crippen LogP contribution in [0.1, 0.15) is 12.5 Å². The SMILES string of the molecule is CCn1c(SCC(=O)NCc2ccc(N(C)C)cc2)nc2ccc(Br)cc2c1=O. The minimum absolute atomic E-state index is 0.0947. The van der Waals surface area contributed by atoms with E-state index in [4.69, 9.17) is 0 Å². The van der Waals surface area contributed by atoms with E-state index in [1.165, 1.54) is 11.8 Å². The van der Waals surface area contributed by atoms with Crippen LogP contribution in [0.15, 0.2) is 56.9 Å². The molecule has 8 heteroatoms. The Bertz CT molecular complexity index is 1080. The quantitative estimate of drug-likeness (QED) is 0.418. The summed E-state index contributed by atoms with van der Waals surface area (Å²) in [4.78, 5) is 31.7. The summed E-state index contributed by atoms with van der Waals surface area (Å²) in [5, 5.41) is 4.04. The lowest BCUT2D eigenvalue weighted by molar-refractivity contribution is -0.118. The van der Waals surface area contributed by atoms with Crippen molar-refractivity contribution >= 4 is 50.2 Å². The van der Waals surface area contributed by atoms with Crippen molar-refractivity contribution in [2.24, 2.45) is 0 Å². The Kier molecular flexibility index (Phi) is 6.97. The van der Waals surface area contributed by atoms with E-state index < -0.39 is 0 Å². The molecule has 0 saturated heterocycles. The van der Waals surface area contributed by atoms with Crippen LogP contribution in [-0.2, 0) is 17.9 Å². The second-order valence-electron chi connectivity index (χ2n) is 6.73. The van der Waals surface area contributed by atoms with Crippen molar-refractivity contribution < 1.29 is 4.79 Å². The predicted octanol–water partition coefficient (Wildman–Crippen LogP) is 3.65. The summed E-state index contributed by atoms with van der Waals surface area (Å²) in [6, 6.07) is 13.5. The second kappa shape index (κ2) is 9.45. The van der Waals surface area contributed by atoms with Gasteiger partial charge in [0, 0.05) is 37.3 Å². The first-order valence-corrected chi connectivity index (χ1v) is 11.0. The first-order chi connectivity index (χ1) is 13.9. The highest BCUT2D eigenvalue weighted by atomic mass is 79.9.